The highest BCUT2D eigenvalue weighted by atomic mass is 32.2. The third-order valence-electron chi connectivity index (χ3n) is 14.4. The first kappa shape index (κ1) is 44.9. The fourth-order valence-electron chi connectivity index (χ4n) is 10.5. The van der Waals surface area contributed by atoms with Gasteiger partial charge in [-0.1, -0.05) is 69.1 Å². The van der Waals surface area contributed by atoms with E-state index in [2.05, 4.69) is 79.8 Å². The second-order valence-corrected chi connectivity index (χ2v) is 22.3. The number of nitrogens with zero attached hydrogens (tertiary/aromatic N) is 5. The summed E-state index contributed by atoms with van der Waals surface area (Å²) < 4.78 is 48.8. The molecular formula is C48H58N8O7S2. The number of hydrogen-bond donors (Lipinski definition) is 3. The minimum absolute atomic E-state index is 0.0170. The number of nitro groups is 1. The van der Waals surface area contributed by atoms with Crippen molar-refractivity contribution in [3.63, 3.8) is 0 Å². The first-order valence-corrected chi connectivity index (χ1v) is 25.9. The van der Waals surface area contributed by atoms with Gasteiger partial charge >= 0.3 is 5.69 Å². The number of rotatable bonds is 13. The molecule has 4 fully saturated rings. The monoisotopic (exact) mass is 922 g/mol. The molecule has 2 saturated heterocycles. The van der Waals surface area contributed by atoms with Crippen LogP contribution in [0, 0.1) is 27.4 Å². The second-order valence-electron chi connectivity index (χ2n) is 19.0. The molecule has 1 amide bonds. The average molecular weight is 923 g/mol. The highest BCUT2D eigenvalue weighted by Crippen LogP contribution is 2.53. The van der Waals surface area contributed by atoms with E-state index in [4.69, 9.17) is 4.74 Å². The first-order valence-electron chi connectivity index (χ1n) is 22.9. The molecule has 0 bridgehead atoms. The van der Waals surface area contributed by atoms with E-state index in [1.165, 1.54) is 17.3 Å². The summed E-state index contributed by atoms with van der Waals surface area (Å²) >= 11 is -0.836. The number of carbonyl (C=O) groups is 1. The van der Waals surface area contributed by atoms with E-state index in [1.54, 1.807) is 30.5 Å². The number of aromatic amines is 1. The normalized spacial score (nSPS) is 22.8. The van der Waals surface area contributed by atoms with E-state index in [0.29, 0.717) is 53.2 Å². The Kier molecular flexibility index (Phi) is 12.8. The number of nitrogens with one attached hydrogen (secondary N) is 3. The van der Waals surface area contributed by atoms with Crippen molar-refractivity contribution in [3.8, 4) is 11.5 Å². The number of aromatic nitrogens is 3. The molecule has 9 rings (SSSR count). The molecule has 1 unspecified atom stereocenters. The number of ether oxygens (including phenoxy) is 1. The lowest BCUT2D eigenvalue weighted by molar-refractivity contribution is -0.384. The third kappa shape index (κ3) is 9.70. The van der Waals surface area contributed by atoms with Crippen LogP contribution in [0.3, 0.4) is 0 Å². The van der Waals surface area contributed by atoms with Crippen LogP contribution in [0.2, 0.25) is 0 Å². The summed E-state index contributed by atoms with van der Waals surface area (Å²) in [5, 5.41) is 16.0. The van der Waals surface area contributed by atoms with Crippen LogP contribution in [-0.4, -0.2) is 87.4 Å². The maximum absolute atomic E-state index is 14.0. The predicted molar refractivity (Wildman–Crippen MR) is 253 cm³/mol. The van der Waals surface area contributed by atoms with Gasteiger partial charge < -0.3 is 24.5 Å². The first-order chi connectivity index (χ1) is 31.2. The fraction of sp³-hybridized carbons (Fsp3) is 0.479. The van der Waals surface area contributed by atoms with E-state index in [1.807, 2.05) is 6.07 Å². The molecule has 2 atom stereocenters. The lowest BCUT2D eigenvalue weighted by Crippen LogP contribution is -2.58. The van der Waals surface area contributed by atoms with Crippen LogP contribution in [0.1, 0.15) is 106 Å². The van der Waals surface area contributed by atoms with E-state index >= 15 is 0 Å². The van der Waals surface area contributed by atoms with E-state index < -0.39 is 42.6 Å². The van der Waals surface area contributed by atoms with Gasteiger partial charge in [-0.2, -0.15) is 0 Å². The van der Waals surface area contributed by atoms with Crippen LogP contribution < -0.4 is 19.7 Å². The minimum Gasteiger partial charge on any atom is -0.616 e. The number of hydrogen-bond acceptors (Lipinski definition) is 12. The maximum Gasteiger partial charge on any atom is 0.312 e. The molecule has 2 aromatic carbocycles. The summed E-state index contributed by atoms with van der Waals surface area (Å²) in [5.41, 5.74) is 3.82. The molecule has 2 aliphatic heterocycles. The molecule has 3 aromatic heterocycles. The Morgan fingerprint density at radius 3 is 2.54 bits per heavy atom. The zero-order valence-corrected chi connectivity index (χ0v) is 38.8. The standard InChI is InChI=1S/C48H58N8O7S2/c1-31(2)39-6-4-5-7-40(39)43-30-64(60)21-20-55(43)36-25-48(26-36)15-18-54(19-16-48)35-12-13-41(44(23-35)63-37-22-34-14-17-49-45(34)51-28-37)47(57)53-65(61,62)38-24-42(56(58)59)46(52-29-38)50-27-33-10-8-32(3)9-11-33/h4-7,12-14,17,22-24,28-29,31-33,36,43H,8-11,15-16,18-21,25-27,30H2,1-3H3,(H,49,51)(H,50,52)(H,53,57)/t32-,33+,43-,64?/m0/s1. The third-order valence-corrected chi connectivity index (χ3v) is 17.0. The SMILES string of the molecule is CC(C)c1ccccc1[C@@H]1C[S+]([O-])CCN1C1CC2(CCN(c3ccc(C(=O)NS(=O)(=O)c4cnc(NC[C@H]5CC[C@@H](C)CC5)c([N+](=O)[O-])c4)c(Oc4cnc5[nH]ccc5c4)c3)CC2)C1. The lowest BCUT2D eigenvalue weighted by Gasteiger charge is -2.57. The smallest absolute Gasteiger partial charge is 0.312 e. The van der Waals surface area contributed by atoms with Gasteiger partial charge in [0, 0.05) is 61.6 Å². The molecule has 5 heterocycles. The van der Waals surface area contributed by atoms with E-state index in [9.17, 15) is 27.9 Å². The molecule has 5 aromatic rings. The number of fused-ring (bicyclic) bond motifs is 1. The number of sulfonamides is 1. The predicted octanol–water partition coefficient (Wildman–Crippen LogP) is 8.69. The number of carbonyl (C=O) groups excluding carboxylic acids is 1. The summed E-state index contributed by atoms with van der Waals surface area (Å²) in [4.78, 5) is 41.5. The van der Waals surface area contributed by atoms with Gasteiger partial charge in [-0.05, 0) is 97.1 Å². The highest BCUT2D eigenvalue weighted by Gasteiger charge is 2.51. The zero-order valence-electron chi connectivity index (χ0n) is 37.2. The van der Waals surface area contributed by atoms with Crippen molar-refractivity contribution in [1.82, 2.24) is 24.6 Å². The van der Waals surface area contributed by atoms with E-state index in [-0.39, 0.29) is 28.6 Å². The quantitative estimate of drug-likeness (QED) is 0.0578. The van der Waals surface area contributed by atoms with Crippen molar-refractivity contribution in [3.05, 3.63) is 106 Å². The summed E-state index contributed by atoms with van der Waals surface area (Å²) in [6.45, 7) is 9.59. The molecule has 3 N–H and O–H groups in total. The van der Waals surface area contributed by atoms with Crippen LogP contribution >= 0.6 is 0 Å². The minimum atomic E-state index is -4.61. The topological polar surface area (TPSA) is 199 Å². The van der Waals surface area contributed by atoms with Gasteiger partial charge in [-0.15, -0.1) is 0 Å². The summed E-state index contributed by atoms with van der Waals surface area (Å²) in [5.74, 6) is 2.27. The largest absolute Gasteiger partial charge is 0.616 e. The van der Waals surface area contributed by atoms with Crippen molar-refractivity contribution in [2.24, 2.45) is 17.3 Å². The van der Waals surface area contributed by atoms with Crippen molar-refractivity contribution in [2.75, 3.05) is 47.9 Å². The van der Waals surface area contributed by atoms with Gasteiger partial charge in [0.2, 0.25) is 5.82 Å². The zero-order chi connectivity index (χ0) is 45.5. The number of benzene rings is 2. The molecule has 2 saturated carbocycles. The number of amides is 1. The molecule has 15 nitrogen and oxygen atoms in total. The van der Waals surface area contributed by atoms with Crippen LogP contribution in [-0.2, 0) is 21.2 Å². The fourth-order valence-corrected chi connectivity index (χ4v) is 12.8. The molecule has 344 valence electrons. The molecule has 2 aliphatic carbocycles. The van der Waals surface area contributed by atoms with Gasteiger partial charge in [-0.3, -0.25) is 19.8 Å². The van der Waals surface area contributed by atoms with Crippen molar-refractivity contribution in [2.45, 2.75) is 95.0 Å². The lowest BCUT2D eigenvalue weighted by atomic mass is 9.59. The summed E-state index contributed by atoms with van der Waals surface area (Å²) in [6.07, 6.45) is 12.7. The molecule has 0 radical (unpaired) electrons. The molecular weight excluding hydrogens is 865 g/mol. The molecule has 17 heteroatoms. The molecule has 1 spiro atoms. The van der Waals surface area contributed by atoms with Crippen LogP contribution in [0.25, 0.3) is 11.0 Å². The Balaban J connectivity index is 0.902. The van der Waals surface area contributed by atoms with Gasteiger partial charge in [0.25, 0.3) is 15.9 Å². The van der Waals surface area contributed by atoms with Crippen molar-refractivity contribution >= 4 is 55.3 Å². The van der Waals surface area contributed by atoms with Crippen molar-refractivity contribution < 1.29 is 27.4 Å². The van der Waals surface area contributed by atoms with Gasteiger partial charge in [0.05, 0.1) is 28.9 Å². The Bertz CT molecular complexity index is 2650. The van der Waals surface area contributed by atoms with Crippen LogP contribution in [0.15, 0.2) is 84.1 Å². The number of anilines is 2. The number of piperidine rings is 1. The molecule has 65 heavy (non-hydrogen) atoms. The van der Waals surface area contributed by atoms with Gasteiger partial charge in [-0.25, -0.2) is 23.1 Å². The Morgan fingerprint density at radius 1 is 1.02 bits per heavy atom. The highest BCUT2D eigenvalue weighted by molar-refractivity contribution is 7.91. The van der Waals surface area contributed by atoms with Crippen LogP contribution in [0.5, 0.6) is 11.5 Å². The van der Waals surface area contributed by atoms with Gasteiger partial charge in [0.15, 0.2) is 0 Å². The van der Waals surface area contributed by atoms with E-state index in [0.717, 1.165) is 94.3 Å². The Labute approximate surface area is 383 Å². The summed E-state index contributed by atoms with van der Waals surface area (Å²) in [7, 11) is -4.61. The summed E-state index contributed by atoms with van der Waals surface area (Å²) in [6, 6.07) is 18.9. The number of pyridine rings is 2. The van der Waals surface area contributed by atoms with Gasteiger partial charge in [0.1, 0.15) is 33.5 Å². The Hall–Kier alpha value is -5.23. The van der Waals surface area contributed by atoms with Crippen LogP contribution in [0.4, 0.5) is 17.2 Å². The van der Waals surface area contributed by atoms with Crippen molar-refractivity contribution in [1.29, 1.82) is 0 Å². The molecule has 4 aliphatic rings. The number of H-pyrrole nitrogens is 1. The average Bonchev–Trinajstić information content (AvgIpc) is 3.76. The Morgan fingerprint density at radius 2 is 1.78 bits per heavy atom. The maximum atomic E-state index is 14.0. The second kappa shape index (κ2) is 18.6.